The molecule has 7 heteroatoms. The number of benzene rings is 1. The molecule has 0 aliphatic heterocycles. The Balaban J connectivity index is 1.90. The van der Waals surface area contributed by atoms with Crippen LogP contribution in [0.1, 0.15) is 19.7 Å². The van der Waals surface area contributed by atoms with Gasteiger partial charge in [0, 0.05) is 36.6 Å². The minimum Gasteiger partial charge on any atom is -0.356 e. The lowest BCUT2D eigenvalue weighted by atomic mass is 10.2. The van der Waals surface area contributed by atoms with Gasteiger partial charge in [-0.25, -0.2) is 0 Å². The van der Waals surface area contributed by atoms with E-state index < -0.39 is 0 Å². The number of nitrogens with one attached hydrogen (secondary N) is 2. The van der Waals surface area contributed by atoms with Crippen molar-refractivity contribution in [3.05, 3.63) is 35.2 Å². The van der Waals surface area contributed by atoms with Crippen molar-refractivity contribution in [3.8, 4) is 11.4 Å². The molecule has 0 saturated carbocycles. The number of aromatic nitrogens is 2. The molecule has 0 unspecified atom stereocenters. The number of hydrogen-bond donors (Lipinski definition) is 2. The number of halogens is 1. The van der Waals surface area contributed by atoms with Gasteiger partial charge >= 0.3 is 0 Å². The maximum atomic E-state index is 5.96. The van der Waals surface area contributed by atoms with E-state index in [0.29, 0.717) is 35.7 Å². The average molecular weight is 322 g/mol. The summed E-state index contributed by atoms with van der Waals surface area (Å²) in [4.78, 5) is 8.50. The second-order valence-corrected chi connectivity index (χ2v) is 5.51. The molecule has 0 atom stereocenters. The Hall–Kier alpha value is -2.08. The van der Waals surface area contributed by atoms with E-state index in [1.807, 2.05) is 24.3 Å². The SMILES string of the molecule is CN=C(NCCc1nc(-c2cccc(Cl)c2)no1)NC(C)C. The van der Waals surface area contributed by atoms with E-state index in [9.17, 15) is 0 Å². The largest absolute Gasteiger partial charge is 0.356 e. The first-order valence-electron chi connectivity index (χ1n) is 7.14. The highest BCUT2D eigenvalue weighted by Crippen LogP contribution is 2.19. The van der Waals surface area contributed by atoms with Gasteiger partial charge in [-0.05, 0) is 26.0 Å². The minimum atomic E-state index is 0.323. The summed E-state index contributed by atoms with van der Waals surface area (Å²) in [6.07, 6.45) is 0.617. The van der Waals surface area contributed by atoms with Crippen LogP contribution >= 0.6 is 11.6 Å². The van der Waals surface area contributed by atoms with Crippen molar-refractivity contribution < 1.29 is 4.52 Å². The number of hydrogen-bond acceptors (Lipinski definition) is 4. The zero-order valence-corrected chi connectivity index (χ0v) is 13.7. The van der Waals surface area contributed by atoms with E-state index in [4.69, 9.17) is 16.1 Å². The van der Waals surface area contributed by atoms with Crippen LogP contribution in [0.2, 0.25) is 5.02 Å². The Labute approximate surface area is 135 Å². The summed E-state index contributed by atoms with van der Waals surface area (Å²) in [6.45, 7) is 4.77. The van der Waals surface area contributed by atoms with Crippen molar-refractivity contribution in [2.75, 3.05) is 13.6 Å². The highest BCUT2D eigenvalue weighted by molar-refractivity contribution is 6.30. The Kier molecular flexibility index (Phi) is 5.77. The molecule has 2 rings (SSSR count). The van der Waals surface area contributed by atoms with Gasteiger partial charge in [-0.3, -0.25) is 4.99 Å². The molecule has 0 saturated heterocycles. The summed E-state index contributed by atoms with van der Waals surface area (Å²) in [6, 6.07) is 7.69. The van der Waals surface area contributed by atoms with Crippen molar-refractivity contribution in [1.82, 2.24) is 20.8 Å². The van der Waals surface area contributed by atoms with Crippen molar-refractivity contribution >= 4 is 17.6 Å². The summed E-state index contributed by atoms with van der Waals surface area (Å²) < 4.78 is 5.25. The zero-order valence-electron chi connectivity index (χ0n) is 12.9. The fourth-order valence-corrected chi connectivity index (χ4v) is 2.05. The van der Waals surface area contributed by atoms with Crippen molar-refractivity contribution in [2.45, 2.75) is 26.3 Å². The summed E-state index contributed by atoms with van der Waals surface area (Å²) >= 11 is 5.96. The topological polar surface area (TPSA) is 75.3 Å². The molecule has 1 aromatic heterocycles. The van der Waals surface area contributed by atoms with Gasteiger partial charge in [0.15, 0.2) is 5.96 Å². The molecular formula is C15H20ClN5O. The van der Waals surface area contributed by atoms with Crippen molar-refractivity contribution in [2.24, 2.45) is 4.99 Å². The van der Waals surface area contributed by atoms with Gasteiger partial charge in [0.05, 0.1) is 0 Å². The normalized spacial score (nSPS) is 11.8. The Morgan fingerprint density at radius 3 is 2.91 bits per heavy atom. The molecule has 2 N–H and O–H groups in total. The second kappa shape index (κ2) is 7.79. The minimum absolute atomic E-state index is 0.323. The number of guanidine groups is 1. The van der Waals surface area contributed by atoms with Gasteiger partial charge in [0.2, 0.25) is 11.7 Å². The molecule has 0 fully saturated rings. The van der Waals surface area contributed by atoms with Crippen LogP contribution in [0.25, 0.3) is 11.4 Å². The van der Waals surface area contributed by atoms with Gasteiger partial charge in [0.1, 0.15) is 0 Å². The number of nitrogens with zero attached hydrogens (tertiary/aromatic N) is 3. The fraction of sp³-hybridized carbons (Fsp3) is 0.400. The summed E-state index contributed by atoms with van der Waals surface area (Å²) in [5.74, 6) is 1.87. The molecule has 1 aromatic carbocycles. The first-order valence-corrected chi connectivity index (χ1v) is 7.52. The van der Waals surface area contributed by atoms with Gasteiger partial charge < -0.3 is 15.2 Å². The highest BCUT2D eigenvalue weighted by Gasteiger charge is 2.09. The summed E-state index contributed by atoms with van der Waals surface area (Å²) in [5.41, 5.74) is 0.841. The molecular weight excluding hydrogens is 302 g/mol. The molecule has 2 aromatic rings. The number of aliphatic imine (C=N–C) groups is 1. The number of rotatable bonds is 5. The zero-order chi connectivity index (χ0) is 15.9. The van der Waals surface area contributed by atoms with E-state index in [1.54, 1.807) is 7.05 Å². The molecule has 0 amide bonds. The maximum Gasteiger partial charge on any atom is 0.228 e. The lowest BCUT2D eigenvalue weighted by molar-refractivity contribution is 0.378. The lowest BCUT2D eigenvalue weighted by Crippen LogP contribution is -2.41. The molecule has 0 bridgehead atoms. The van der Waals surface area contributed by atoms with E-state index in [2.05, 4.69) is 39.6 Å². The van der Waals surface area contributed by atoms with E-state index in [-0.39, 0.29) is 0 Å². The smallest absolute Gasteiger partial charge is 0.228 e. The average Bonchev–Trinajstić information content (AvgIpc) is 2.94. The van der Waals surface area contributed by atoms with Crippen LogP contribution in [-0.4, -0.2) is 35.7 Å². The van der Waals surface area contributed by atoms with Crippen LogP contribution in [0.15, 0.2) is 33.8 Å². The summed E-state index contributed by atoms with van der Waals surface area (Å²) in [5, 5.41) is 11.0. The maximum absolute atomic E-state index is 5.96. The monoisotopic (exact) mass is 321 g/mol. The highest BCUT2D eigenvalue weighted by atomic mass is 35.5. The van der Waals surface area contributed by atoms with Gasteiger partial charge in [0.25, 0.3) is 0 Å². The Morgan fingerprint density at radius 2 is 2.23 bits per heavy atom. The molecule has 22 heavy (non-hydrogen) atoms. The third kappa shape index (κ3) is 4.73. The first kappa shape index (κ1) is 16.3. The third-order valence-electron chi connectivity index (χ3n) is 2.83. The van der Waals surface area contributed by atoms with E-state index in [0.717, 1.165) is 11.5 Å². The van der Waals surface area contributed by atoms with Crippen molar-refractivity contribution in [3.63, 3.8) is 0 Å². The fourth-order valence-electron chi connectivity index (χ4n) is 1.86. The molecule has 0 aliphatic rings. The van der Waals surface area contributed by atoms with E-state index in [1.165, 1.54) is 0 Å². The molecule has 0 radical (unpaired) electrons. The van der Waals surface area contributed by atoms with Gasteiger partial charge in [-0.1, -0.05) is 28.9 Å². The quantitative estimate of drug-likeness (QED) is 0.653. The van der Waals surface area contributed by atoms with Crippen LogP contribution in [-0.2, 0) is 6.42 Å². The Morgan fingerprint density at radius 1 is 1.41 bits per heavy atom. The van der Waals surface area contributed by atoms with Crippen LogP contribution in [0.5, 0.6) is 0 Å². The summed E-state index contributed by atoms with van der Waals surface area (Å²) in [7, 11) is 1.74. The molecule has 6 nitrogen and oxygen atoms in total. The van der Waals surface area contributed by atoms with Crippen LogP contribution < -0.4 is 10.6 Å². The van der Waals surface area contributed by atoms with Gasteiger partial charge in [-0.2, -0.15) is 4.98 Å². The van der Waals surface area contributed by atoms with Crippen LogP contribution in [0.3, 0.4) is 0 Å². The van der Waals surface area contributed by atoms with Gasteiger partial charge in [-0.15, -0.1) is 0 Å². The predicted molar refractivity (Wildman–Crippen MR) is 88.1 cm³/mol. The van der Waals surface area contributed by atoms with Crippen molar-refractivity contribution in [1.29, 1.82) is 0 Å². The molecule has 0 aliphatic carbocycles. The predicted octanol–water partition coefficient (Wildman–Crippen LogP) is 2.51. The Bertz CT molecular complexity index is 638. The molecule has 0 spiro atoms. The van der Waals surface area contributed by atoms with Crippen LogP contribution in [0, 0.1) is 0 Å². The molecule has 118 valence electrons. The third-order valence-corrected chi connectivity index (χ3v) is 3.07. The first-order chi connectivity index (χ1) is 10.6. The second-order valence-electron chi connectivity index (χ2n) is 5.07. The standard InChI is InChI=1S/C15H20ClN5O/c1-10(2)19-15(17-3)18-8-7-13-20-14(21-22-13)11-5-4-6-12(16)9-11/h4-6,9-10H,7-8H2,1-3H3,(H2,17,18,19). The van der Waals surface area contributed by atoms with E-state index >= 15 is 0 Å². The van der Waals surface area contributed by atoms with Crippen LogP contribution in [0.4, 0.5) is 0 Å². The molecule has 1 heterocycles. The lowest BCUT2D eigenvalue weighted by Gasteiger charge is -2.13.